The smallest absolute Gasteiger partial charge is 0.325 e. The highest BCUT2D eigenvalue weighted by molar-refractivity contribution is 5.96. The summed E-state index contributed by atoms with van der Waals surface area (Å²) in [5, 5.41) is 30.5. The first kappa shape index (κ1) is 48.1. The van der Waals surface area contributed by atoms with E-state index in [4.69, 9.17) is 15.9 Å². The number of aliphatic hydroxyl groups is 1. The maximum Gasteiger partial charge on any atom is 0.325 e. The molecule has 0 radical (unpaired) electrons. The average molecular weight is 767 g/mol. The molecule has 0 aliphatic carbocycles. The van der Waals surface area contributed by atoms with Gasteiger partial charge < -0.3 is 47.1 Å². The van der Waals surface area contributed by atoms with E-state index in [0.717, 1.165) is 25.7 Å². The van der Waals surface area contributed by atoms with E-state index in [2.05, 4.69) is 33.5 Å². The molecule has 0 spiro atoms. The molecule has 310 valence electrons. The van der Waals surface area contributed by atoms with E-state index in [0.29, 0.717) is 19.3 Å². The van der Waals surface area contributed by atoms with Crippen LogP contribution < -0.4 is 32.3 Å². The number of esters is 1. The lowest BCUT2D eigenvalue weighted by Crippen LogP contribution is -2.60. The summed E-state index contributed by atoms with van der Waals surface area (Å²) in [4.78, 5) is 83.1. The first-order chi connectivity index (χ1) is 25.6. The second kappa shape index (κ2) is 26.0. The van der Waals surface area contributed by atoms with Crippen molar-refractivity contribution in [2.24, 2.45) is 23.5 Å². The van der Waals surface area contributed by atoms with Crippen LogP contribution in [0.4, 0.5) is 0 Å². The zero-order valence-corrected chi connectivity index (χ0v) is 33.8. The minimum atomic E-state index is -1.48. The van der Waals surface area contributed by atoms with Gasteiger partial charge in [0.1, 0.15) is 36.8 Å². The highest BCUT2D eigenvalue weighted by Gasteiger charge is 2.38. The van der Waals surface area contributed by atoms with Crippen molar-refractivity contribution in [1.29, 1.82) is 5.41 Å². The van der Waals surface area contributed by atoms with Gasteiger partial charge in [0.2, 0.25) is 29.5 Å². The van der Waals surface area contributed by atoms with E-state index in [1.54, 1.807) is 13.8 Å². The van der Waals surface area contributed by atoms with Crippen molar-refractivity contribution in [1.82, 2.24) is 31.5 Å². The highest BCUT2D eigenvalue weighted by Crippen LogP contribution is 2.22. The number of nitrogens with two attached hydrogens (primary N) is 1. The minimum Gasteiger partial charge on any atom is -0.460 e. The monoisotopic (exact) mass is 767 g/mol. The predicted octanol–water partition coefficient (Wildman–Crippen LogP) is 1.82. The quantitative estimate of drug-likeness (QED) is 0.0435. The number of hydrogen-bond donors (Lipinski definition) is 8. The number of cyclic esters (lactones) is 1. The predicted molar refractivity (Wildman–Crippen MR) is 207 cm³/mol. The van der Waals surface area contributed by atoms with Gasteiger partial charge in [0.05, 0.1) is 12.5 Å². The van der Waals surface area contributed by atoms with Gasteiger partial charge in [-0.1, -0.05) is 92.9 Å². The summed E-state index contributed by atoms with van der Waals surface area (Å²) in [6.45, 7) is 10.1. The Kier molecular flexibility index (Phi) is 23.1. The van der Waals surface area contributed by atoms with E-state index in [1.807, 2.05) is 20.8 Å². The normalized spacial score (nSPS) is 24.6. The lowest BCUT2D eigenvalue weighted by atomic mass is 9.94. The zero-order chi connectivity index (χ0) is 40.8. The molecule has 0 unspecified atom stereocenters. The number of likely N-dealkylation sites (N-methyl/N-ethyl adjacent to an activating group) is 1. The molecule has 0 bridgehead atoms. The third kappa shape index (κ3) is 17.5. The number of guanidine groups is 1. The SMILES string of the molecule is CCCCCCCCCC[C@H]1OC(=O)CNC(=O)[C@H](CCCNC(=N)N)NC(=O)[C@H](CO)NC(=O)[C@H]([C@@H](C)CC)NC(=O)[C@H](CC(C)C)N(C)C(=O)[C@@H]1C. The van der Waals surface area contributed by atoms with E-state index >= 15 is 0 Å². The van der Waals surface area contributed by atoms with Crippen LogP contribution in [0.5, 0.6) is 0 Å². The fourth-order valence-electron chi connectivity index (χ4n) is 6.38. The van der Waals surface area contributed by atoms with Crippen LogP contribution in [0.1, 0.15) is 125 Å². The van der Waals surface area contributed by atoms with Gasteiger partial charge in [-0.2, -0.15) is 0 Å². The Bertz CT molecular complexity index is 1220. The van der Waals surface area contributed by atoms with Crippen LogP contribution >= 0.6 is 0 Å². The van der Waals surface area contributed by atoms with Crippen LogP contribution in [0.2, 0.25) is 0 Å². The van der Waals surface area contributed by atoms with Gasteiger partial charge in [0.15, 0.2) is 5.96 Å². The summed E-state index contributed by atoms with van der Waals surface area (Å²) in [5.74, 6) is -5.53. The van der Waals surface area contributed by atoms with Crippen LogP contribution in [-0.4, -0.2) is 108 Å². The molecule has 0 saturated carbocycles. The second-order valence-electron chi connectivity index (χ2n) is 15.1. The Morgan fingerprint density at radius 1 is 0.870 bits per heavy atom. The molecule has 7 atom stereocenters. The van der Waals surface area contributed by atoms with Crippen molar-refractivity contribution in [3.05, 3.63) is 0 Å². The lowest BCUT2D eigenvalue weighted by Gasteiger charge is -2.34. The molecule has 9 N–H and O–H groups in total. The fourth-order valence-corrected chi connectivity index (χ4v) is 6.38. The third-order valence-electron chi connectivity index (χ3n) is 10.0. The number of carbonyl (C=O) groups is 6. The van der Waals surface area contributed by atoms with Gasteiger partial charge in [0, 0.05) is 13.6 Å². The van der Waals surface area contributed by atoms with Gasteiger partial charge in [-0.15, -0.1) is 0 Å². The summed E-state index contributed by atoms with van der Waals surface area (Å²) in [7, 11) is 1.53. The Hall–Kier alpha value is -3.95. The van der Waals surface area contributed by atoms with E-state index in [9.17, 15) is 33.9 Å². The molecule has 54 heavy (non-hydrogen) atoms. The van der Waals surface area contributed by atoms with Crippen LogP contribution in [-0.2, 0) is 33.5 Å². The lowest BCUT2D eigenvalue weighted by molar-refractivity contribution is -0.157. The van der Waals surface area contributed by atoms with Crippen LogP contribution in [0, 0.1) is 23.2 Å². The Labute approximate surface area is 322 Å². The maximum absolute atomic E-state index is 14.1. The zero-order valence-electron chi connectivity index (χ0n) is 33.8. The molecule has 1 saturated heterocycles. The van der Waals surface area contributed by atoms with Gasteiger partial charge in [-0.05, 0) is 43.9 Å². The summed E-state index contributed by atoms with van der Waals surface area (Å²) in [6, 6.07) is -4.76. The Morgan fingerprint density at radius 3 is 2.06 bits per heavy atom. The summed E-state index contributed by atoms with van der Waals surface area (Å²) >= 11 is 0. The Balaban J connectivity index is 3.53. The topological polar surface area (TPSA) is 245 Å². The van der Waals surface area contributed by atoms with Crippen LogP contribution in [0.15, 0.2) is 0 Å². The van der Waals surface area contributed by atoms with Crippen molar-refractivity contribution in [2.75, 3.05) is 26.7 Å². The van der Waals surface area contributed by atoms with Gasteiger partial charge in [-0.25, -0.2) is 0 Å². The number of nitrogens with zero attached hydrogens (tertiary/aromatic N) is 1. The molecule has 5 amide bonds. The molecule has 0 aromatic heterocycles. The van der Waals surface area contributed by atoms with E-state index in [-0.39, 0.29) is 37.7 Å². The van der Waals surface area contributed by atoms with Crippen molar-refractivity contribution >= 4 is 41.5 Å². The van der Waals surface area contributed by atoms with Gasteiger partial charge in [-0.3, -0.25) is 34.2 Å². The number of aliphatic hydroxyl groups excluding tert-OH is 1. The second-order valence-corrected chi connectivity index (χ2v) is 15.1. The van der Waals surface area contributed by atoms with E-state index in [1.165, 1.54) is 31.2 Å². The van der Waals surface area contributed by atoms with Crippen molar-refractivity contribution < 1.29 is 38.6 Å². The molecule has 0 aromatic rings. The van der Waals surface area contributed by atoms with Crippen LogP contribution in [0.3, 0.4) is 0 Å². The number of unbranched alkanes of at least 4 members (excludes halogenated alkanes) is 7. The Morgan fingerprint density at radius 2 is 1.48 bits per heavy atom. The molecule has 1 aliphatic rings. The fraction of sp³-hybridized carbons (Fsp3) is 0.816. The largest absolute Gasteiger partial charge is 0.460 e. The maximum atomic E-state index is 14.1. The number of amides is 5. The van der Waals surface area contributed by atoms with Gasteiger partial charge in [0.25, 0.3) is 0 Å². The molecule has 1 fully saturated rings. The molecule has 1 rings (SSSR count). The molecule has 1 aliphatic heterocycles. The number of hydrogen-bond acceptors (Lipinski definition) is 9. The first-order valence-electron chi connectivity index (χ1n) is 19.9. The molecular weight excluding hydrogens is 696 g/mol. The standard InChI is InChI=1S/C38H70N8O8/c1-8-10-11-12-13-14-15-16-19-30-26(6)37(53)46(7)29(21-24(3)4)35(51)45-32(25(5)9-2)36(52)44-28(23-47)34(50)43-27(18-17-20-41-38(39)40)33(49)42-22-31(48)54-30/h24-30,32,47H,8-23H2,1-7H3,(H,42,49)(H,43,50)(H,44,52)(H,45,51)(H4,39,40,41)/t25-,26+,27-,28-,29-,30+,32-/m0/s1. The number of rotatable bonds is 18. The average Bonchev–Trinajstić information content (AvgIpc) is 3.13. The number of nitrogens with one attached hydrogen (secondary N) is 6. The van der Waals surface area contributed by atoms with Crippen molar-refractivity contribution in [3.8, 4) is 0 Å². The van der Waals surface area contributed by atoms with Crippen molar-refractivity contribution in [2.45, 2.75) is 155 Å². The molecule has 16 nitrogen and oxygen atoms in total. The molecule has 16 heteroatoms. The summed E-state index contributed by atoms with van der Waals surface area (Å²) in [5.41, 5.74) is 5.36. The summed E-state index contributed by atoms with van der Waals surface area (Å²) in [6.07, 6.45) is 9.08. The van der Waals surface area contributed by atoms with Gasteiger partial charge >= 0.3 is 5.97 Å². The van der Waals surface area contributed by atoms with Crippen LogP contribution in [0.25, 0.3) is 0 Å². The minimum absolute atomic E-state index is 0.00740. The first-order valence-corrected chi connectivity index (χ1v) is 19.9. The third-order valence-corrected chi connectivity index (χ3v) is 10.0. The molecule has 0 aromatic carbocycles. The number of ether oxygens (including phenoxy) is 1. The highest BCUT2D eigenvalue weighted by atomic mass is 16.5. The molecule has 1 heterocycles. The van der Waals surface area contributed by atoms with Crippen molar-refractivity contribution in [3.63, 3.8) is 0 Å². The molecular formula is C38H70N8O8. The number of carbonyl (C=O) groups excluding carboxylic acids is 6. The summed E-state index contributed by atoms with van der Waals surface area (Å²) < 4.78 is 5.87. The van der Waals surface area contributed by atoms with E-state index < -0.39 is 90.8 Å².